The molecule has 0 bridgehead atoms. The molecule has 1 saturated heterocycles. The molecule has 1 atom stereocenters. The first-order valence-electron chi connectivity index (χ1n) is 9.18. The molecule has 1 aliphatic heterocycles. The van der Waals surface area contributed by atoms with Crippen molar-refractivity contribution >= 4 is 27.4 Å². The van der Waals surface area contributed by atoms with Crippen molar-refractivity contribution in [2.45, 2.75) is 47.0 Å². The summed E-state index contributed by atoms with van der Waals surface area (Å²) in [6, 6.07) is 0. The van der Waals surface area contributed by atoms with Crippen molar-refractivity contribution in [2.24, 2.45) is 11.3 Å². The number of aryl methyl sites for hydroxylation is 2. The van der Waals surface area contributed by atoms with Crippen molar-refractivity contribution in [1.29, 1.82) is 0 Å². The molecule has 0 unspecified atom stereocenters. The predicted octanol–water partition coefficient (Wildman–Crippen LogP) is 3.56. The van der Waals surface area contributed by atoms with Crippen LogP contribution < -0.4 is 10.2 Å². The molecule has 2 aliphatic rings. The van der Waals surface area contributed by atoms with Gasteiger partial charge in [-0.1, -0.05) is 20.8 Å². The number of hydrogen-bond acceptors (Lipinski definition) is 5. The van der Waals surface area contributed by atoms with Crippen LogP contribution in [0, 0.1) is 18.3 Å². The minimum absolute atomic E-state index is 0.386. The Balaban J connectivity index is 1.80. The van der Waals surface area contributed by atoms with E-state index in [1.807, 2.05) is 18.3 Å². The Morgan fingerprint density at radius 2 is 1.92 bits per heavy atom. The van der Waals surface area contributed by atoms with Crippen LogP contribution in [-0.4, -0.2) is 36.1 Å². The molecule has 0 radical (unpaired) electrons. The van der Waals surface area contributed by atoms with Gasteiger partial charge in [-0.05, 0) is 43.1 Å². The van der Waals surface area contributed by atoms with Gasteiger partial charge in [-0.15, -0.1) is 11.3 Å². The number of aromatic nitrogens is 2. The smallest absolute Gasteiger partial charge is 0.141 e. The Labute approximate surface area is 148 Å². The lowest BCUT2D eigenvalue weighted by Crippen LogP contribution is -2.44. The summed E-state index contributed by atoms with van der Waals surface area (Å²) in [7, 11) is 0. The van der Waals surface area contributed by atoms with Gasteiger partial charge in [0.25, 0.3) is 0 Å². The zero-order chi connectivity index (χ0) is 16.9. The van der Waals surface area contributed by atoms with Crippen LogP contribution in [0.15, 0.2) is 0 Å². The van der Waals surface area contributed by atoms with Crippen LogP contribution in [0.2, 0.25) is 0 Å². The molecular formula is C19H28N4S. The highest BCUT2D eigenvalue weighted by atomic mass is 32.1. The largest absolute Gasteiger partial charge is 0.353 e. The summed E-state index contributed by atoms with van der Waals surface area (Å²) in [6.07, 6.45) is 3.68. The molecule has 24 heavy (non-hydrogen) atoms. The fourth-order valence-electron chi connectivity index (χ4n) is 4.11. The number of rotatable bonds is 1. The molecule has 5 heteroatoms. The molecule has 0 aromatic carbocycles. The van der Waals surface area contributed by atoms with Gasteiger partial charge in [0.2, 0.25) is 0 Å². The van der Waals surface area contributed by atoms with E-state index in [-0.39, 0.29) is 0 Å². The fraction of sp³-hybridized carbons (Fsp3) is 0.684. The van der Waals surface area contributed by atoms with Gasteiger partial charge in [-0.2, -0.15) is 0 Å². The molecule has 1 fully saturated rings. The van der Waals surface area contributed by atoms with Gasteiger partial charge in [0, 0.05) is 31.1 Å². The SMILES string of the molecule is Cc1nc(N2CCNCC2)c2c3c(sc2n1)C[C@@H](C(C)(C)C)CC3. The Hall–Kier alpha value is -1.20. The topological polar surface area (TPSA) is 41.1 Å². The molecule has 4 rings (SSSR count). The molecule has 2 aromatic heterocycles. The number of fused-ring (bicyclic) bond motifs is 3. The average molecular weight is 345 g/mol. The zero-order valence-electron chi connectivity index (χ0n) is 15.3. The molecule has 130 valence electrons. The van der Waals surface area contributed by atoms with E-state index in [1.54, 1.807) is 10.4 Å². The van der Waals surface area contributed by atoms with E-state index in [0.29, 0.717) is 5.41 Å². The van der Waals surface area contributed by atoms with Crippen LogP contribution in [0.25, 0.3) is 10.2 Å². The third-order valence-corrected chi connectivity index (χ3v) is 6.79. The maximum absolute atomic E-state index is 4.87. The highest BCUT2D eigenvalue weighted by molar-refractivity contribution is 7.19. The molecule has 0 spiro atoms. The lowest BCUT2D eigenvalue weighted by molar-refractivity contribution is 0.218. The van der Waals surface area contributed by atoms with Crippen LogP contribution >= 0.6 is 11.3 Å². The monoisotopic (exact) mass is 344 g/mol. The summed E-state index contributed by atoms with van der Waals surface area (Å²) in [5.41, 5.74) is 1.93. The van der Waals surface area contributed by atoms with Gasteiger partial charge in [-0.3, -0.25) is 0 Å². The van der Waals surface area contributed by atoms with Crippen molar-refractivity contribution in [1.82, 2.24) is 15.3 Å². The van der Waals surface area contributed by atoms with Crippen LogP contribution in [0.4, 0.5) is 5.82 Å². The molecule has 0 saturated carbocycles. The standard InChI is InChI=1S/C19H28N4S/c1-12-21-17(23-9-7-20-8-10-23)16-14-6-5-13(19(2,3)4)11-15(14)24-18(16)22-12/h13,20H,5-11H2,1-4H3/t13-/m0/s1. The lowest BCUT2D eigenvalue weighted by atomic mass is 9.72. The van der Waals surface area contributed by atoms with Gasteiger partial charge < -0.3 is 10.2 Å². The van der Waals surface area contributed by atoms with E-state index in [4.69, 9.17) is 9.97 Å². The first-order valence-corrected chi connectivity index (χ1v) is 9.99. The minimum atomic E-state index is 0.386. The van der Waals surface area contributed by atoms with Crippen LogP contribution in [0.5, 0.6) is 0 Å². The summed E-state index contributed by atoms with van der Waals surface area (Å²) in [6.45, 7) is 13.3. The summed E-state index contributed by atoms with van der Waals surface area (Å²) in [5, 5.41) is 4.80. The molecule has 2 aromatic rings. The number of piperazine rings is 1. The zero-order valence-corrected chi connectivity index (χ0v) is 16.1. The van der Waals surface area contributed by atoms with Crippen molar-refractivity contribution in [3.63, 3.8) is 0 Å². The van der Waals surface area contributed by atoms with Crippen molar-refractivity contribution in [2.75, 3.05) is 31.1 Å². The first-order chi connectivity index (χ1) is 11.4. The van der Waals surface area contributed by atoms with E-state index in [0.717, 1.165) is 37.9 Å². The molecule has 1 aliphatic carbocycles. The van der Waals surface area contributed by atoms with Crippen molar-refractivity contribution < 1.29 is 0 Å². The molecule has 4 nitrogen and oxygen atoms in total. The number of nitrogens with one attached hydrogen (secondary N) is 1. The number of anilines is 1. The number of nitrogens with zero attached hydrogens (tertiary/aromatic N) is 3. The van der Waals surface area contributed by atoms with E-state index in [9.17, 15) is 0 Å². The normalized spacial score (nSPS) is 22.0. The molecular weight excluding hydrogens is 316 g/mol. The van der Waals surface area contributed by atoms with Crippen LogP contribution in [0.1, 0.15) is 43.5 Å². The van der Waals surface area contributed by atoms with Gasteiger partial charge in [0.05, 0.1) is 5.39 Å². The third kappa shape index (κ3) is 2.82. The first kappa shape index (κ1) is 16.3. The maximum Gasteiger partial charge on any atom is 0.141 e. The number of thiophene rings is 1. The van der Waals surface area contributed by atoms with Gasteiger partial charge in [0.15, 0.2) is 0 Å². The predicted molar refractivity (Wildman–Crippen MR) is 102 cm³/mol. The highest BCUT2D eigenvalue weighted by Gasteiger charge is 2.32. The van der Waals surface area contributed by atoms with Crippen LogP contribution in [0.3, 0.4) is 0 Å². The highest BCUT2D eigenvalue weighted by Crippen LogP contribution is 2.44. The second kappa shape index (κ2) is 5.95. The molecule has 0 amide bonds. The summed E-state index contributed by atoms with van der Waals surface area (Å²) in [5.74, 6) is 2.86. The Morgan fingerprint density at radius 1 is 1.17 bits per heavy atom. The Bertz CT molecular complexity index is 753. The Kier molecular flexibility index (Phi) is 4.04. The van der Waals surface area contributed by atoms with Crippen molar-refractivity contribution in [3.05, 3.63) is 16.3 Å². The van der Waals surface area contributed by atoms with E-state index in [1.165, 1.54) is 35.3 Å². The van der Waals surface area contributed by atoms with Gasteiger partial charge in [0.1, 0.15) is 16.5 Å². The van der Waals surface area contributed by atoms with Crippen LogP contribution in [-0.2, 0) is 12.8 Å². The Morgan fingerprint density at radius 3 is 2.62 bits per heavy atom. The maximum atomic E-state index is 4.87. The average Bonchev–Trinajstić information content (AvgIpc) is 2.91. The third-order valence-electron chi connectivity index (χ3n) is 5.64. The minimum Gasteiger partial charge on any atom is -0.353 e. The summed E-state index contributed by atoms with van der Waals surface area (Å²) >= 11 is 1.92. The summed E-state index contributed by atoms with van der Waals surface area (Å²) in [4.78, 5) is 14.9. The second-order valence-corrected chi connectivity index (χ2v) is 9.40. The molecule has 3 heterocycles. The molecule has 1 N–H and O–H groups in total. The summed E-state index contributed by atoms with van der Waals surface area (Å²) < 4.78 is 0. The van der Waals surface area contributed by atoms with E-state index >= 15 is 0 Å². The number of hydrogen-bond donors (Lipinski definition) is 1. The quantitative estimate of drug-likeness (QED) is 0.859. The van der Waals surface area contributed by atoms with Crippen molar-refractivity contribution in [3.8, 4) is 0 Å². The van der Waals surface area contributed by atoms with E-state index in [2.05, 4.69) is 31.0 Å². The van der Waals surface area contributed by atoms with Gasteiger partial charge >= 0.3 is 0 Å². The van der Waals surface area contributed by atoms with E-state index < -0.39 is 0 Å². The fourth-order valence-corrected chi connectivity index (χ4v) is 5.45. The lowest BCUT2D eigenvalue weighted by Gasteiger charge is -2.34. The van der Waals surface area contributed by atoms with Gasteiger partial charge in [-0.25, -0.2) is 9.97 Å². The second-order valence-electron chi connectivity index (χ2n) is 8.32.